The average molecular weight is 263 g/mol. The van der Waals surface area contributed by atoms with Crippen molar-refractivity contribution in [3.8, 4) is 0 Å². The third-order valence-corrected chi connectivity index (χ3v) is 3.38. The fourth-order valence-electron chi connectivity index (χ4n) is 1.78. The van der Waals surface area contributed by atoms with Gasteiger partial charge in [0.25, 0.3) is 0 Å². The van der Waals surface area contributed by atoms with Crippen molar-refractivity contribution in [3.63, 3.8) is 0 Å². The number of aliphatic carboxylic acids is 1. The molecule has 3 heteroatoms. The van der Waals surface area contributed by atoms with E-state index in [0.717, 1.165) is 13.0 Å². The van der Waals surface area contributed by atoms with Gasteiger partial charge in [-0.15, -0.1) is 0 Å². The predicted molar refractivity (Wildman–Crippen MR) is 78.5 cm³/mol. The van der Waals surface area contributed by atoms with Crippen molar-refractivity contribution in [1.82, 2.24) is 5.32 Å². The summed E-state index contributed by atoms with van der Waals surface area (Å²) in [7, 11) is 0. The van der Waals surface area contributed by atoms with Crippen LogP contribution in [-0.4, -0.2) is 24.2 Å². The lowest BCUT2D eigenvalue weighted by molar-refractivity contribution is -0.146. The number of rotatable bonds is 7. The molecular weight excluding hydrogens is 238 g/mol. The van der Waals surface area contributed by atoms with Gasteiger partial charge in [0.1, 0.15) is 0 Å². The average Bonchev–Trinajstić information content (AvgIpc) is 2.35. The van der Waals surface area contributed by atoms with Crippen LogP contribution in [0.1, 0.15) is 44.7 Å². The molecule has 0 aliphatic heterocycles. The molecule has 0 atom stereocenters. The first-order valence-electron chi connectivity index (χ1n) is 6.86. The van der Waals surface area contributed by atoms with E-state index in [1.54, 1.807) is 13.8 Å². The van der Waals surface area contributed by atoms with Gasteiger partial charge >= 0.3 is 5.97 Å². The Bertz CT molecular complexity index is 407. The van der Waals surface area contributed by atoms with E-state index in [1.807, 2.05) is 0 Å². The lowest BCUT2D eigenvalue weighted by atomic mass is 9.94. The molecule has 1 rings (SSSR count). The van der Waals surface area contributed by atoms with Crippen LogP contribution in [0.3, 0.4) is 0 Å². The second kappa shape index (κ2) is 6.71. The predicted octanol–water partition coefficient (Wildman–Crippen LogP) is 3.05. The summed E-state index contributed by atoms with van der Waals surface area (Å²) in [5.74, 6) is -0.204. The first-order valence-corrected chi connectivity index (χ1v) is 6.86. The van der Waals surface area contributed by atoms with Crippen molar-refractivity contribution in [1.29, 1.82) is 0 Å². The summed E-state index contributed by atoms with van der Waals surface area (Å²) in [5, 5.41) is 12.2. The van der Waals surface area contributed by atoms with Gasteiger partial charge in [-0.05, 0) is 43.9 Å². The van der Waals surface area contributed by atoms with Gasteiger partial charge in [-0.3, -0.25) is 4.79 Å². The first-order chi connectivity index (χ1) is 8.83. The standard InChI is InChI=1S/C16H25NO2/c1-12(2)14-7-5-13(6-8-14)9-10-17-11-16(3,4)15(18)19/h5-8,12,17H,9-11H2,1-4H3,(H,18,19). The van der Waals surface area contributed by atoms with Gasteiger partial charge in [-0.25, -0.2) is 0 Å². The Morgan fingerprint density at radius 3 is 2.32 bits per heavy atom. The summed E-state index contributed by atoms with van der Waals surface area (Å²) in [6.07, 6.45) is 0.925. The van der Waals surface area contributed by atoms with Crippen molar-refractivity contribution in [3.05, 3.63) is 35.4 Å². The van der Waals surface area contributed by atoms with Crippen LogP contribution in [-0.2, 0) is 11.2 Å². The van der Waals surface area contributed by atoms with Gasteiger partial charge in [-0.1, -0.05) is 38.1 Å². The minimum absolute atomic E-state index is 0.492. The van der Waals surface area contributed by atoms with Gasteiger partial charge in [0, 0.05) is 6.54 Å². The highest BCUT2D eigenvalue weighted by atomic mass is 16.4. The van der Waals surface area contributed by atoms with Crippen molar-refractivity contribution in [2.45, 2.75) is 40.0 Å². The molecule has 19 heavy (non-hydrogen) atoms. The molecule has 0 heterocycles. The maximum Gasteiger partial charge on any atom is 0.310 e. The zero-order valence-electron chi connectivity index (χ0n) is 12.4. The minimum atomic E-state index is -0.763. The van der Waals surface area contributed by atoms with Crippen LogP contribution in [0.15, 0.2) is 24.3 Å². The van der Waals surface area contributed by atoms with Crippen LogP contribution in [0.2, 0.25) is 0 Å². The van der Waals surface area contributed by atoms with E-state index >= 15 is 0 Å². The topological polar surface area (TPSA) is 49.3 Å². The van der Waals surface area contributed by atoms with Gasteiger partial charge in [0.15, 0.2) is 0 Å². The highest BCUT2D eigenvalue weighted by Crippen LogP contribution is 2.15. The van der Waals surface area contributed by atoms with Gasteiger partial charge in [-0.2, -0.15) is 0 Å². The molecule has 3 nitrogen and oxygen atoms in total. The van der Waals surface area contributed by atoms with Crippen LogP contribution in [0.4, 0.5) is 0 Å². The third-order valence-electron chi connectivity index (χ3n) is 3.38. The highest BCUT2D eigenvalue weighted by Gasteiger charge is 2.26. The summed E-state index contributed by atoms with van der Waals surface area (Å²) < 4.78 is 0. The first kappa shape index (κ1) is 15.7. The van der Waals surface area contributed by atoms with Gasteiger partial charge < -0.3 is 10.4 Å². The Morgan fingerprint density at radius 1 is 1.26 bits per heavy atom. The molecule has 0 fully saturated rings. The Labute approximate surface area is 116 Å². The van der Waals surface area contributed by atoms with E-state index in [2.05, 4.69) is 43.4 Å². The third kappa shape index (κ3) is 5.03. The van der Waals surface area contributed by atoms with Gasteiger partial charge in [0.05, 0.1) is 5.41 Å². The fourth-order valence-corrected chi connectivity index (χ4v) is 1.78. The molecule has 0 unspecified atom stereocenters. The minimum Gasteiger partial charge on any atom is -0.481 e. The molecule has 0 saturated heterocycles. The van der Waals surface area contributed by atoms with Crippen LogP contribution in [0.5, 0.6) is 0 Å². The van der Waals surface area contributed by atoms with Gasteiger partial charge in [0.2, 0.25) is 0 Å². The summed E-state index contributed by atoms with van der Waals surface area (Å²) >= 11 is 0. The Balaban J connectivity index is 2.36. The zero-order valence-corrected chi connectivity index (χ0v) is 12.4. The molecule has 1 aromatic carbocycles. The molecule has 0 amide bonds. The lowest BCUT2D eigenvalue weighted by Crippen LogP contribution is -2.36. The number of nitrogens with one attached hydrogen (secondary N) is 1. The number of hydrogen-bond donors (Lipinski definition) is 2. The maximum atomic E-state index is 10.9. The summed E-state index contributed by atoms with van der Waals surface area (Å²) in [6.45, 7) is 9.14. The largest absolute Gasteiger partial charge is 0.481 e. The summed E-state index contributed by atoms with van der Waals surface area (Å²) in [5.41, 5.74) is 1.93. The van der Waals surface area contributed by atoms with Crippen LogP contribution in [0, 0.1) is 5.41 Å². The smallest absolute Gasteiger partial charge is 0.310 e. The molecular formula is C16H25NO2. The SMILES string of the molecule is CC(C)c1ccc(CCNCC(C)(C)C(=O)O)cc1. The highest BCUT2D eigenvalue weighted by molar-refractivity contribution is 5.73. The molecule has 0 aliphatic rings. The number of hydrogen-bond acceptors (Lipinski definition) is 2. The molecule has 0 saturated carbocycles. The molecule has 0 bridgehead atoms. The molecule has 0 spiro atoms. The van der Waals surface area contributed by atoms with Crippen molar-refractivity contribution in [2.75, 3.05) is 13.1 Å². The molecule has 0 aromatic heterocycles. The van der Waals surface area contributed by atoms with E-state index in [4.69, 9.17) is 5.11 Å². The molecule has 2 N–H and O–H groups in total. The normalized spacial score (nSPS) is 11.8. The van der Waals surface area contributed by atoms with E-state index < -0.39 is 11.4 Å². The van der Waals surface area contributed by atoms with Crippen LogP contribution < -0.4 is 5.32 Å². The Kier molecular flexibility index (Phi) is 5.55. The van der Waals surface area contributed by atoms with Crippen LogP contribution in [0.25, 0.3) is 0 Å². The zero-order chi connectivity index (χ0) is 14.5. The van der Waals surface area contributed by atoms with Crippen molar-refractivity contribution in [2.24, 2.45) is 5.41 Å². The van der Waals surface area contributed by atoms with E-state index in [-0.39, 0.29) is 0 Å². The maximum absolute atomic E-state index is 10.9. The van der Waals surface area contributed by atoms with E-state index in [1.165, 1.54) is 11.1 Å². The Morgan fingerprint density at radius 2 is 1.84 bits per heavy atom. The number of carbonyl (C=O) groups is 1. The summed E-state index contributed by atoms with van der Waals surface area (Å²) in [6, 6.07) is 8.64. The second-order valence-corrected chi connectivity index (χ2v) is 6.01. The molecule has 1 aromatic rings. The number of carboxylic acid groups (broad SMARTS) is 1. The fraction of sp³-hybridized carbons (Fsp3) is 0.562. The molecule has 0 aliphatic carbocycles. The number of benzene rings is 1. The van der Waals surface area contributed by atoms with E-state index in [9.17, 15) is 4.79 Å². The monoisotopic (exact) mass is 263 g/mol. The summed E-state index contributed by atoms with van der Waals surface area (Å²) in [4.78, 5) is 10.9. The van der Waals surface area contributed by atoms with Crippen molar-refractivity contribution < 1.29 is 9.90 Å². The van der Waals surface area contributed by atoms with Crippen LogP contribution >= 0.6 is 0 Å². The Hall–Kier alpha value is -1.35. The molecule has 0 radical (unpaired) electrons. The lowest BCUT2D eigenvalue weighted by Gasteiger charge is -2.19. The molecule has 106 valence electrons. The number of carboxylic acids is 1. The second-order valence-electron chi connectivity index (χ2n) is 6.01. The van der Waals surface area contributed by atoms with E-state index in [0.29, 0.717) is 12.5 Å². The quantitative estimate of drug-likeness (QED) is 0.743. The van der Waals surface area contributed by atoms with Crippen molar-refractivity contribution >= 4 is 5.97 Å².